The summed E-state index contributed by atoms with van der Waals surface area (Å²) >= 11 is 4.94. The van der Waals surface area contributed by atoms with Gasteiger partial charge in [-0.15, -0.1) is 0 Å². The lowest BCUT2D eigenvalue weighted by Gasteiger charge is -2.18. The Hall–Kier alpha value is -2.01. The van der Waals surface area contributed by atoms with Crippen LogP contribution in [-0.4, -0.2) is 22.0 Å². The highest BCUT2D eigenvalue weighted by molar-refractivity contribution is 7.80. The first-order valence-corrected chi connectivity index (χ1v) is 5.49. The maximum absolute atomic E-state index is 5.59. The molecule has 0 fully saturated rings. The van der Waals surface area contributed by atoms with Crippen molar-refractivity contribution in [3.05, 3.63) is 48.4 Å². The van der Waals surface area contributed by atoms with E-state index in [9.17, 15) is 0 Å². The van der Waals surface area contributed by atoms with E-state index < -0.39 is 0 Å². The second kappa shape index (κ2) is 4.88. The van der Waals surface area contributed by atoms with Crippen LogP contribution in [0.25, 0.3) is 0 Å². The van der Waals surface area contributed by atoms with Gasteiger partial charge in [-0.05, 0) is 24.3 Å². The van der Waals surface area contributed by atoms with Crippen LogP contribution >= 0.6 is 12.2 Å². The number of nitrogens with zero attached hydrogens (tertiary/aromatic N) is 3. The van der Waals surface area contributed by atoms with E-state index in [0.29, 0.717) is 4.99 Å². The molecule has 0 atom stereocenters. The highest BCUT2D eigenvalue weighted by atomic mass is 32.1. The van der Waals surface area contributed by atoms with Gasteiger partial charge in [0.2, 0.25) is 0 Å². The molecule has 2 rings (SSSR count). The van der Waals surface area contributed by atoms with E-state index >= 15 is 0 Å². The zero-order valence-electron chi connectivity index (χ0n) is 9.37. The predicted molar refractivity (Wildman–Crippen MR) is 72.4 cm³/mol. The van der Waals surface area contributed by atoms with Crippen LogP contribution in [0.3, 0.4) is 0 Å². The molecule has 0 unspecified atom stereocenters. The first-order valence-electron chi connectivity index (χ1n) is 5.08. The Balaban J connectivity index is 2.34. The van der Waals surface area contributed by atoms with E-state index in [1.54, 1.807) is 24.7 Å². The summed E-state index contributed by atoms with van der Waals surface area (Å²) in [6.45, 7) is 0. The van der Waals surface area contributed by atoms with Crippen molar-refractivity contribution in [1.82, 2.24) is 9.97 Å². The largest absolute Gasteiger partial charge is 0.389 e. The van der Waals surface area contributed by atoms with Crippen LogP contribution < -0.4 is 10.6 Å². The molecule has 2 aromatic rings. The van der Waals surface area contributed by atoms with Crippen LogP contribution in [0, 0.1) is 0 Å². The van der Waals surface area contributed by atoms with E-state index in [-0.39, 0.29) is 0 Å². The third kappa shape index (κ3) is 2.57. The Bertz CT molecular complexity index is 527. The molecule has 0 aliphatic carbocycles. The molecule has 0 radical (unpaired) electrons. The normalized spacial score (nSPS) is 9.94. The number of pyridine rings is 2. The van der Waals surface area contributed by atoms with Crippen molar-refractivity contribution in [2.24, 2.45) is 5.73 Å². The fraction of sp³-hybridized carbons (Fsp3) is 0.0833. The van der Waals surface area contributed by atoms with Crippen molar-refractivity contribution in [3.63, 3.8) is 0 Å². The Morgan fingerprint density at radius 3 is 2.82 bits per heavy atom. The molecule has 0 spiro atoms. The number of nitrogens with two attached hydrogens (primary N) is 1. The quantitative estimate of drug-likeness (QED) is 0.835. The molecule has 0 amide bonds. The van der Waals surface area contributed by atoms with Gasteiger partial charge in [-0.1, -0.05) is 12.2 Å². The van der Waals surface area contributed by atoms with Gasteiger partial charge in [0.25, 0.3) is 0 Å². The average molecular weight is 244 g/mol. The summed E-state index contributed by atoms with van der Waals surface area (Å²) in [5, 5.41) is 0. The second-order valence-electron chi connectivity index (χ2n) is 3.54. The first kappa shape index (κ1) is 11.5. The summed E-state index contributed by atoms with van der Waals surface area (Å²) in [7, 11) is 1.92. The van der Waals surface area contributed by atoms with Gasteiger partial charge >= 0.3 is 0 Å². The lowest BCUT2D eigenvalue weighted by atomic mass is 10.2. The third-order valence-electron chi connectivity index (χ3n) is 2.41. The number of thiocarbonyl (C=S) groups is 1. The van der Waals surface area contributed by atoms with E-state index in [4.69, 9.17) is 18.0 Å². The van der Waals surface area contributed by atoms with Gasteiger partial charge in [0.05, 0.1) is 11.9 Å². The van der Waals surface area contributed by atoms with Crippen LogP contribution in [0.4, 0.5) is 11.5 Å². The number of aromatic nitrogens is 2. The number of rotatable bonds is 3. The number of anilines is 2. The number of hydrogen-bond acceptors (Lipinski definition) is 4. The minimum absolute atomic E-state index is 0.369. The molecule has 0 saturated heterocycles. The van der Waals surface area contributed by atoms with Gasteiger partial charge in [0, 0.05) is 25.0 Å². The lowest BCUT2D eigenvalue weighted by Crippen LogP contribution is -2.14. The summed E-state index contributed by atoms with van der Waals surface area (Å²) in [5.41, 5.74) is 7.36. The maximum Gasteiger partial charge on any atom is 0.133 e. The van der Waals surface area contributed by atoms with Gasteiger partial charge in [-0.2, -0.15) is 0 Å². The van der Waals surface area contributed by atoms with Crippen molar-refractivity contribution in [1.29, 1.82) is 0 Å². The molecule has 0 bridgehead atoms. The SMILES string of the molecule is CN(c1cccnc1)c1cc(C(N)=S)ccn1. The molecule has 0 aromatic carbocycles. The summed E-state index contributed by atoms with van der Waals surface area (Å²) < 4.78 is 0. The molecule has 86 valence electrons. The van der Waals surface area contributed by atoms with Crippen LogP contribution in [-0.2, 0) is 0 Å². The summed E-state index contributed by atoms with van der Waals surface area (Å²) in [6, 6.07) is 7.49. The standard InChI is InChI=1S/C12H12N4S/c1-16(10-3-2-5-14-8-10)11-7-9(12(13)17)4-6-15-11/h2-8H,1H3,(H2,13,17). The highest BCUT2D eigenvalue weighted by Gasteiger charge is 2.06. The molecule has 4 nitrogen and oxygen atoms in total. The van der Waals surface area contributed by atoms with E-state index in [0.717, 1.165) is 17.1 Å². The minimum atomic E-state index is 0.369. The van der Waals surface area contributed by atoms with Crippen molar-refractivity contribution in [2.45, 2.75) is 0 Å². The van der Waals surface area contributed by atoms with Gasteiger partial charge in [-0.3, -0.25) is 4.98 Å². The Kier molecular flexibility index (Phi) is 3.30. The summed E-state index contributed by atoms with van der Waals surface area (Å²) in [5.74, 6) is 0.781. The molecule has 0 aliphatic heterocycles. The first-order chi connectivity index (χ1) is 8.18. The molecular formula is C12H12N4S. The molecule has 2 aromatic heterocycles. The van der Waals surface area contributed by atoms with Crippen LogP contribution in [0.1, 0.15) is 5.56 Å². The summed E-state index contributed by atoms with van der Waals surface area (Å²) in [4.78, 5) is 10.6. The second-order valence-corrected chi connectivity index (χ2v) is 3.98. The lowest BCUT2D eigenvalue weighted by molar-refractivity contribution is 1.11. The van der Waals surface area contributed by atoms with E-state index in [1.165, 1.54) is 0 Å². The average Bonchev–Trinajstić information content (AvgIpc) is 2.39. The van der Waals surface area contributed by atoms with Gasteiger partial charge in [-0.25, -0.2) is 4.98 Å². The fourth-order valence-electron chi connectivity index (χ4n) is 1.44. The van der Waals surface area contributed by atoms with Crippen molar-refractivity contribution < 1.29 is 0 Å². The van der Waals surface area contributed by atoms with Crippen molar-refractivity contribution in [2.75, 3.05) is 11.9 Å². The monoisotopic (exact) mass is 244 g/mol. The minimum Gasteiger partial charge on any atom is -0.389 e. The number of hydrogen-bond donors (Lipinski definition) is 1. The van der Waals surface area contributed by atoms with Crippen LogP contribution in [0.5, 0.6) is 0 Å². The molecule has 0 saturated carbocycles. The maximum atomic E-state index is 5.59. The fourth-order valence-corrected chi connectivity index (χ4v) is 1.57. The zero-order chi connectivity index (χ0) is 12.3. The van der Waals surface area contributed by atoms with Crippen LogP contribution in [0.15, 0.2) is 42.9 Å². The summed E-state index contributed by atoms with van der Waals surface area (Å²) in [6.07, 6.45) is 5.20. The molecule has 0 aliphatic rings. The van der Waals surface area contributed by atoms with Crippen LogP contribution in [0.2, 0.25) is 0 Å². The topological polar surface area (TPSA) is 55.0 Å². The Labute approximate surface area is 105 Å². The molecular weight excluding hydrogens is 232 g/mol. The highest BCUT2D eigenvalue weighted by Crippen LogP contribution is 2.20. The predicted octanol–water partition coefficient (Wildman–Crippen LogP) is 1.88. The molecule has 2 heterocycles. The molecule has 2 N–H and O–H groups in total. The van der Waals surface area contributed by atoms with Gasteiger partial charge < -0.3 is 10.6 Å². The molecule has 5 heteroatoms. The van der Waals surface area contributed by atoms with Gasteiger partial charge in [0.1, 0.15) is 10.8 Å². The van der Waals surface area contributed by atoms with Crippen molar-refractivity contribution in [3.8, 4) is 0 Å². The van der Waals surface area contributed by atoms with Crippen molar-refractivity contribution >= 4 is 28.7 Å². The van der Waals surface area contributed by atoms with E-state index in [1.807, 2.05) is 30.1 Å². The smallest absolute Gasteiger partial charge is 0.133 e. The zero-order valence-corrected chi connectivity index (χ0v) is 10.2. The third-order valence-corrected chi connectivity index (χ3v) is 2.64. The Morgan fingerprint density at radius 2 is 2.18 bits per heavy atom. The van der Waals surface area contributed by atoms with Gasteiger partial charge in [0.15, 0.2) is 0 Å². The van der Waals surface area contributed by atoms with E-state index in [2.05, 4.69) is 9.97 Å². The Morgan fingerprint density at radius 1 is 1.35 bits per heavy atom. The molecule has 17 heavy (non-hydrogen) atoms.